The van der Waals surface area contributed by atoms with E-state index in [1.807, 2.05) is 30.3 Å². The smallest absolute Gasteiger partial charge is 0.316 e. The summed E-state index contributed by atoms with van der Waals surface area (Å²) in [5.41, 5.74) is 0.647. The summed E-state index contributed by atoms with van der Waals surface area (Å²) in [6.07, 6.45) is 0. The molecule has 0 spiro atoms. The number of para-hydroxylation sites is 1. The number of anilines is 1. The van der Waals surface area contributed by atoms with E-state index in [0.717, 1.165) is 5.75 Å². The Balaban J connectivity index is 1.53. The van der Waals surface area contributed by atoms with E-state index in [9.17, 15) is 14.4 Å². The first-order valence-corrected chi connectivity index (χ1v) is 9.46. The highest BCUT2D eigenvalue weighted by atomic mass is 16.5. The Morgan fingerprint density at radius 1 is 0.967 bits per heavy atom. The quantitative estimate of drug-likeness (QED) is 0.498. The van der Waals surface area contributed by atoms with E-state index in [1.165, 1.54) is 4.57 Å². The van der Waals surface area contributed by atoms with E-state index in [-0.39, 0.29) is 5.91 Å². The van der Waals surface area contributed by atoms with Crippen molar-refractivity contribution >= 4 is 22.6 Å². The minimum Gasteiger partial charge on any atom is -0.457 e. The molecule has 0 atom stereocenters. The summed E-state index contributed by atoms with van der Waals surface area (Å²) in [7, 11) is 0. The standard InChI is InChI=1S/C23H19N3O4/c1-2-26-20-13-8-15(14-19(20)25-22(28)23(26)29)21(27)24-16-9-11-18(12-10-16)30-17-6-4-3-5-7-17/h3-14H,2H2,1H3,(H,24,27)(H,25,28). The maximum Gasteiger partial charge on any atom is 0.316 e. The van der Waals surface area contributed by atoms with Crippen LogP contribution >= 0.6 is 0 Å². The number of hydrogen-bond donors (Lipinski definition) is 2. The lowest BCUT2D eigenvalue weighted by Crippen LogP contribution is -2.36. The number of aryl methyl sites for hydroxylation is 1. The fourth-order valence-corrected chi connectivity index (χ4v) is 3.17. The van der Waals surface area contributed by atoms with Crippen LogP contribution in [0.25, 0.3) is 11.0 Å². The van der Waals surface area contributed by atoms with Gasteiger partial charge in [0, 0.05) is 17.8 Å². The number of aromatic nitrogens is 2. The lowest BCUT2D eigenvalue weighted by molar-refractivity contribution is 0.102. The summed E-state index contributed by atoms with van der Waals surface area (Å²) in [4.78, 5) is 39.0. The van der Waals surface area contributed by atoms with E-state index in [0.29, 0.717) is 34.6 Å². The van der Waals surface area contributed by atoms with Gasteiger partial charge >= 0.3 is 11.1 Å². The average Bonchev–Trinajstić information content (AvgIpc) is 2.76. The van der Waals surface area contributed by atoms with Gasteiger partial charge in [-0.15, -0.1) is 0 Å². The summed E-state index contributed by atoms with van der Waals surface area (Å²) in [6.45, 7) is 2.15. The second kappa shape index (κ2) is 8.08. The largest absolute Gasteiger partial charge is 0.457 e. The molecule has 0 aliphatic carbocycles. The van der Waals surface area contributed by atoms with Gasteiger partial charge in [-0.2, -0.15) is 0 Å². The van der Waals surface area contributed by atoms with Gasteiger partial charge in [-0.3, -0.25) is 14.4 Å². The molecule has 7 nitrogen and oxygen atoms in total. The number of aromatic amines is 1. The third-order valence-corrected chi connectivity index (χ3v) is 4.64. The number of fused-ring (bicyclic) bond motifs is 1. The Kier molecular flexibility index (Phi) is 5.17. The molecule has 1 aromatic heterocycles. The van der Waals surface area contributed by atoms with Crippen LogP contribution in [0.4, 0.5) is 5.69 Å². The second-order valence-electron chi connectivity index (χ2n) is 6.63. The highest BCUT2D eigenvalue weighted by molar-refractivity contribution is 6.05. The van der Waals surface area contributed by atoms with Gasteiger partial charge in [-0.25, -0.2) is 0 Å². The number of nitrogens with one attached hydrogen (secondary N) is 2. The molecule has 7 heteroatoms. The highest BCUT2D eigenvalue weighted by Crippen LogP contribution is 2.23. The van der Waals surface area contributed by atoms with Crippen LogP contribution in [0.5, 0.6) is 11.5 Å². The maximum absolute atomic E-state index is 12.6. The van der Waals surface area contributed by atoms with Gasteiger partial charge in [0.1, 0.15) is 11.5 Å². The van der Waals surface area contributed by atoms with Gasteiger partial charge in [0.15, 0.2) is 0 Å². The molecule has 0 radical (unpaired) electrons. The second-order valence-corrected chi connectivity index (χ2v) is 6.63. The molecule has 150 valence electrons. The van der Waals surface area contributed by atoms with Gasteiger partial charge in [0.2, 0.25) is 0 Å². The zero-order valence-electron chi connectivity index (χ0n) is 16.2. The van der Waals surface area contributed by atoms with Gasteiger partial charge in [0.05, 0.1) is 11.0 Å². The number of benzene rings is 3. The molecule has 4 aromatic rings. The third kappa shape index (κ3) is 3.86. The Morgan fingerprint density at radius 3 is 2.37 bits per heavy atom. The fraction of sp³-hybridized carbons (Fsp3) is 0.0870. The van der Waals surface area contributed by atoms with Crippen molar-refractivity contribution in [2.24, 2.45) is 0 Å². The minimum atomic E-state index is -0.712. The molecule has 0 unspecified atom stereocenters. The molecule has 3 aromatic carbocycles. The van der Waals surface area contributed by atoms with Crippen LogP contribution in [0, 0.1) is 0 Å². The topological polar surface area (TPSA) is 93.2 Å². The van der Waals surface area contributed by atoms with E-state index in [2.05, 4.69) is 10.3 Å². The number of hydrogen-bond acceptors (Lipinski definition) is 4. The summed E-state index contributed by atoms with van der Waals surface area (Å²) in [6, 6.07) is 21.3. The third-order valence-electron chi connectivity index (χ3n) is 4.64. The first-order chi connectivity index (χ1) is 14.5. The predicted octanol–water partition coefficient (Wildman–Crippen LogP) is 3.75. The van der Waals surface area contributed by atoms with Crippen molar-refractivity contribution in [3.05, 3.63) is 99.1 Å². The van der Waals surface area contributed by atoms with E-state index in [4.69, 9.17) is 4.74 Å². The molecule has 1 heterocycles. The lowest BCUT2D eigenvalue weighted by Gasteiger charge is -2.10. The first-order valence-electron chi connectivity index (χ1n) is 9.46. The van der Waals surface area contributed by atoms with Gasteiger partial charge < -0.3 is 19.6 Å². The van der Waals surface area contributed by atoms with Crippen LogP contribution in [0.15, 0.2) is 82.4 Å². The molecule has 0 saturated heterocycles. The maximum atomic E-state index is 12.6. The van der Waals surface area contributed by atoms with Crippen LogP contribution in [0.2, 0.25) is 0 Å². The van der Waals surface area contributed by atoms with Crippen molar-refractivity contribution in [1.82, 2.24) is 9.55 Å². The molecule has 0 fully saturated rings. The van der Waals surface area contributed by atoms with Crippen molar-refractivity contribution in [1.29, 1.82) is 0 Å². The molecular formula is C23H19N3O4. The molecular weight excluding hydrogens is 382 g/mol. The van der Waals surface area contributed by atoms with Crippen LogP contribution in [-0.2, 0) is 6.54 Å². The number of carbonyl (C=O) groups is 1. The number of rotatable bonds is 5. The number of amides is 1. The minimum absolute atomic E-state index is 0.330. The number of carbonyl (C=O) groups excluding carboxylic acids is 1. The first kappa shape index (κ1) is 19.2. The summed E-state index contributed by atoms with van der Waals surface area (Å²) in [5.74, 6) is 1.05. The van der Waals surface area contributed by atoms with Crippen LogP contribution in [-0.4, -0.2) is 15.5 Å². The van der Waals surface area contributed by atoms with E-state index in [1.54, 1.807) is 49.4 Å². The Labute approximate surface area is 171 Å². The number of H-pyrrole nitrogens is 1. The van der Waals surface area contributed by atoms with Crippen molar-refractivity contribution in [2.45, 2.75) is 13.5 Å². The van der Waals surface area contributed by atoms with Crippen LogP contribution < -0.4 is 21.2 Å². The number of ether oxygens (including phenoxy) is 1. The van der Waals surface area contributed by atoms with Gasteiger partial charge in [-0.05, 0) is 61.5 Å². The predicted molar refractivity (Wildman–Crippen MR) is 115 cm³/mol. The molecule has 0 aliphatic heterocycles. The van der Waals surface area contributed by atoms with Crippen molar-refractivity contribution in [2.75, 3.05) is 5.32 Å². The normalized spacial score (nSPS) is 10.7. The highest BCUT2D eigenvalue weighted by Gasteiger charge is 2.11. The summed E-state index contributed by atoms with van der Waals surface area (Å²) in [5, 5.41) is 2.81. The molecule has 0 saturated carbocycles. The summed E-state index contributed by atoms with van der Waals surface area (Å²) < 4.78 is 7.12. The Morgan fingerprint density at radius 2 is 1.67 bits per heavy atom. The monoisotopic (exact) mass is 401 g/mol. The molecule has 0 aliphatic rings. The van der Waals surface area contributed by atoms with Crippen molar-refractivity contribution in [3.63, 3.8) is 0 Å². The lowest BCUT2D eigenvalue weighted by atomic mass is 10.1. The Hall–Kier alpha value is -4.13. The zero-order chi connectivity index (χ0) is 21.1. The molecule has 4 rings (SSSR count). The van der Waals surface area contributed by atoms with Crippen LogP contribution in [0.3, 0.4) is 0 Å². The van der Waals surface area contributed by atoms with E-state index >= 15 is 0 Å². The van der Waals surface area contributed by atoms with Crippen molar-refractivity contribution in [3.8, 4) is 11.5 Å². The average molecular weight is 401 g/mol. The zero-order valence-corrected chi connectivity index (χ0v) is 16.2. The molecule has 1 amide bonds. The molecule has 0 bridgehead atoms. The SMILES string of the molecule is CCn1c(=O)c(=O)[nH]c2cc(C(=O)Nc3ccc(Oc4ccccc4)cc3)ccc21. The number of nitrogens with zero attached hydrogens (tertiary/aromatic N) is 1. The summed E-state index contributed by atoms with van der Waals surface area (Å²) >= 11 is 0. The van der Waals surface area contributed by atoms with Gasteiger partial charge in [-0.1, -0.05) is 18.2 Å². The van der Waals surface area contributed by atoms with Gasteiger partial charge in [0.25, 0.3) is 5.91 Å². The van der Waals surface area contributed by atoms with E-state index < -0.39 is 11.1 Å². The fourth-order valence-electron chi connectivity index (χ4n) is 3.17. The Bertz CT molecular complexity index is 1320. The van der Waals surface area contributed by atoms with Crippen LogP contribution in [0.1, 0.15) is 17.3 Å². The molecule has 30 heavy (non-hydrogen) atoms. The molecule has 2 N–H and O–H groups in total. The van der Waals surface area contributed by atoms with Crippen molar-refractivity contribution < 1.29 is 9.53 Å².